The van der Waals surface area contributed by atoms with Gasteiger partial charge in [-0.25, -0.2) is 18.7 Å². The largest absolute Gasteiger partial charge is 0.373 e. The number of hydrogen-bond acceptors (Lipinski definition) is 5. The summed E-state index contributed by atoms with van der Waals surface area (Å²) in [5.74, 6) is 0.568. The summed E-state index contributed by atoms with van der Waals surface area (Å²) < 4.78 is 33.7. The van der Waals surface area contributed by atoms with Gasteiger partial charge in [0.25, 0.3) is 0 Å². The number of nitrogens with zero attached hydrogens (tertiary/aromatic N) is 4. The summed E-state index contributed by atoms with van der Waals surface area (Å²) in [6, 6.07) is -0.343. The van der Waals surface area contributed by atoms with Crippen LogP contribution in [0.5, 0.6) is 0 Å². The summed E-state index contributed by atoms with van der Waals surface area (Å²) in [5.41, 5.74) is 0.538. The van der Waals surface area contributed by atoms with Crippen molar-refractivity contribution in [3.63, 3.8) is 0 Å². The van der Waals surface area contributed by atoms with E-state index in [9.17, 15) is 8.78 Å². The van der Waals surface area contributed by atoms with E-state index in [1.54, 1.807) is 20.0 Å². The lowest BCUT2D eigenvalue weighted by Gasteiger charge is -2.23. The molecule has 1 aliphatic carbocycles. The van der Waals surface area contributed by atoms with Crippen LogP contribution >= 0.6 is 0 Å². The number of alkyl halides is 1. The van der Waals surface area contributed by atoms with Crippen LogP contribution in [0.15, 0.2) is 6.20 Å². The Morgan fingerprint density at radius 2 is 2.14 bits per heavy atom. The predicted octanol–water partition coefficient (Wildman–Crippen LogP) is 2.10. The smallest absolute Gasteiger partial charge is 0.170 e. The summed E-state index contributed by atoms with van der Waals surface area (Å²) in [6.07, 6.45) is 0.926. The van der Waals surface area contributed by atoms with E-state index in [0.29, 0.717) is 35.9 Å². The zero-order valence-electron chi connectivity index (χ0n) is 12.4. The fourth-order valence-electron chi connectivity index (χ4n) is 3.09. The Kier molecular flexibility index (Phi) is 3.00. The van der Waals surface area contributed by atoms with Crippen LogP contribution < -0.4 is 4.90 Å². The van der Waals surface area contributed by atoms with Gasteiger partial charge in [0.2, 0.25) is 0 Å². The molecule has 5 nitrogen and oxygen atoms in total. The lowest BCUT2D eigenvalue weighted by atomic mass is 10.2. The highest BCUT2D eigenvalue weighted by molar-refractivity contribution is 5.90. The van der Waals surface area contributed by atoms with Gasteiger partial charge in [-0.2, -0.15) is 0 Å². The van der Waals surface area contributed by atoms with Gasteiger partial charge in [0, 0.05) is 19.3 Å². The third-order valence-corrected chi connectivity index (χ3v) is 4.27. The standard InChI is InChI=1S/C15H16F2N4O/c1-7-10(16)12-9(6-18-7)15(20-8(2)19-12)21-4-3-5-22-14-11(17)13(14)21/h6,11,13-14H,3-5H2,1-2H3. The van der Waals surface area contributed by atoms with E-state index >= 15 is 0 Å². The third kappa shape index (κ3) is 1.95. The van der Waals surface area contributed by atoms with Crippen molar-refractivity contribution < 1.29 is 13.5 Å². The molecule has 116 valence electrons. The Labute approximate surface area is 126 Å². The molecule has 22 heavy (non-hydrogen) atoms. The van der Waals surface area contributed by atoms with Crippen molar-refractivity contribution in [2.24, 2.45) is 0 Å². The lowest BCUT2D eigenvalue weighted by Crippen LogP contribution is -2.30. The van der Waals surface area contributed by atoms with Crippen molar-refractivity contribution in [3.05, 3.63) is 23.5 Å². The van der Waals surface area contributed by atoms with Gasteiger partial charge in [0.05, 0.1) is 17.1 Å². The van der Waals surface area contributed by atoms with E-state index in [1.807, 2.05) is 4.90 Å². The molecule has 2 aromatic heterocycles. The maximum absolute atomic E-state index is 14.3. The number of pyridine rings is 1. The van der Waals surface area contributed by atoms with Crippen molar-refractivity contribution in [2.45, 2.75) is 38.6 Å². The summed E-state index contributed by atoms with van der Waals surface area (Å²) >= 11 is 0. The molecule has 0 amide bonds. The Hall–Kier alpha value is -1.89. The van der Waals surface area contributed by atoms with Crippen LogP contribution in [0, 0.1) is 19.7 Å². The van der Waals surface area contributed by atoms with Crippen LogP contribution in [0.3, 0.4) is 0 Å². The third-order valence-electron chi connectivity index (χ3n) is 4.27. The first-order valence-electron chi connectivity index (χ1n) is 7.39. The Bertz CT molecular complexity index is 754. The van der Waals surface area contributed by atoms with Crippen molar-refractivity contribution in [1.29, 1.82) is 0 Å². The first-order valence-corrected chi connectivity index (χ1v) is 7.39. The zero-order chi connectivity index (χ0) is 15.4. The number of aryl methyl sites for hydroxylation is 2. The molecule has 3 heterocycles. The van der Waals surface area contributed by atoms with Gasteiger partial charge in [0.15, 0.2) is 12.0 Å². The van der Waals surface area contributed by atoms with E-state index < -0.39 is 18.1 Å². The number of halogens is 2. The zero-order valence-corrected chi connectivity index (χ0v) is 12.4. The minimum absolute atomic E-state index is 0.243. The molecule has 3 unspecified atom stereocenters. The van der Waals surface area contributed by atoms with Crippen molar-refractivity contribution in [3.8, 4) is 0 Å². The minimum atomic E-state index is -1.02. The lowest BCUT2D eigenvalue weighted by molar-refractivity contribution is 0.105. The van der Waals surface area contributed by atoms with Gasteiger partial charge in [-0.1, -0.05) is 0 Å². The number of aromatic nitrogens is 3. The predicted molar refractivity (Wildman–Crippen MR) is 77.2 cm³/mol. The van der Waals surface area contributed by atoms with Crippen LogP contribution in [0.2, 0.25) is 0 Å². The summed E-state index contributed by atoms with van der Waals surface area (Å²) in [4.78, 5) is 14.6. The van der Waals surface area contributed by atoms with Gasteiger partial charge >= 0.3 is 0 Å². The molecule has 0 N–H and O–H groups in total. The number of rotatable bonds is 1. The highest BCUT2D eigenvalue weighted by atomic mass is 19.1. The van der Waals surface area contributed by atoms with E-state index in [-0.39, 0.29) is 11.6 Å². The highest BCUT2D eigenvalue weighted by Crippen LogP contribution is 2.41. The van der Waals surface area contributed by atoms with E-state index in [4.69, 9.17) is 4.74 Å². The van der Waals surface area contributed by atoms with E-state index in [2.05, 4.69) is 15.0 Å². The molecule has 2 fully saturated rings. The molecule has 4 rings (SSSR count). The monoisotopic (exact) mass is 306 g/mol. The van der Waals surface area contributed by atoms with Crippen LogP contribution in [0.4, 0.5) is 14.6 Å². The van der Waals surface area contributed by atoms with Crippen molar-refractivity contribution in [1.82, 2.24) is 15.0 Å². The quantitative estimate of drug-likeness (QED) is 0.807. The molecular weight excluding hydrogens is 290 g/mol. The molecule has 0 bridgehead atoms. The van der Waals surface area contributed by atoms with Gasteiger partial charge < -0.3 is 9.64 Å². The Morgan fingerprint density at radius 1 is 1.32 bits per heavy atom. The summed E-state index contributed by atoms with van der Waals surface area (Å²) in [6.45, 7) is 4.47. The maximum Gasteiger partial charge on any atom is 0.170 e. The number of fused-ring (bicyclic) bond motifs is 2. The molecular formula is C15H16F2N4O. The van der Waals surface area contributed by atoms with E-state index in [0.717, 1.165) is 6.42 Å². The molecule has 1 saturated carbocycles. The number of ether oxygens (including phenoxy) is 1. The second kappa shape index (κ2) is 4.81. The van der Waals surface area contributed by atoms with Gasteiger partial charge in [-0.15, -0.1) is 0 Å². The first kappa shape index (κ1) is 13.8. The first-order chi connectivity index (χ1) is 10.6. The second-order valence-corrected chi connectivity index (χ2v) is 5.83. The van der Waals surface area contributed by atoms with E-state index in [1.165, 1.54) is 0 Å². The maximum atomic E-state index is 14.3. The average Bonchev–Trinajstić information content (AvgIpc) is 3.18. The van der Waals surface area contributed by atoms with Gasteiger partial charge in [0.1, 0.15) is 23.3 Å². The number of hydrogen-bond donors (Lipinski definition) is 0. The number of anilines is 1. The summed E-state index contributed by atoms with van der Waals surface area (Å²) in [7, 11) is 0. The molecule has 0 radical (unpaired) electrons. The van der Waals surface area contributed by atoms with Crippen LogP contribution in [-0.2, 0) is 4.74 Å². The average molecular weight is 306 g/mol. The molecule has 1 saturated heterocycles. The fourth-order valence-corrected chi connectivity index (χ4v) is 3.09. The van der Waals surface area contributed by atoms with Crippen LogP contribution in [0.25, 0.3) is 10.9 Å². The van der Waals surface area contributed by atoms with Crippen LogP contribution in [-0.4, -0.2) is 46.4 Å². The molecule has 0 aromatic carbocycles. The molecule has 2 aliphatic rings. The van der Waals surface area contributed by atoms with Crippen molar-refractivity contribution in [2.75, 3.05) is 18.1 Å². The molecule has 2 aromatic rings. The van der Waals surface area contributed by atoms with Crippen LogP contribution in [0.1, 0.15) is 17.9 Å². The normalized spacial score (nSPS) is 27.6. The SMILES string of the molecule is Cc1nc(N2CCCOC3C(F)C32)c2cnc(C)c(F)c2n1. The molecule has 0 spiro atoms. The molecule has 7 heteroatoms. The molecule has 3 atom stereocenters. The topological polar surface area (TPSA) is 51.1 Å². The Balaban J connectivity index is 1.89. The Morgan fingerprint density at radius 3 is 2.95 bits per heavy atom. The van der Waals surface area contributed by atoms with Crippen molar-refractivity contribution >= 4 is 16.7 Å². The summed E-state index contributed by atoms with van der Waals surface area (Å²) in [5, 5.41) is 0.522. The van der Waals surface area contributed by atoms with Gasteiger partial charge in [-0.3, -0.25) is 4.98 Å². The fraction of sp³-hybridized carbons (Fsp3) is 0.533. The molecule has 1 aliphatic heterocycles. The minimum Gasteiger partial charge on any atom is -0.373 e. The van der Waals surface area contributed by atoms with Gasteiger partial charge in [-0.05, 0) is 20.3 Å². The highest BCUT2D eigenvalue weighted by Gasteiger charge is 2.57. The second-order valence-electron chi connectivity index (χ2n) is 5.83.